The average molecular weight is 357 g/mol. The van der Waals surface area contributed by atoms with Crippen LogP contribution in [0.25, 0.3) is 22.0 Å². The molecule has 0 fully saturated rings. The van der Waals surface area contributed by atoms with Crippen LogP contribution in [0.15, 0.2) is 41.4 Å². The highest BCUT2D eigenvalue weighted by Crippen LogP contribution is 2.39. The van der Waals surface area contributed by atoms with Gasteiger partial charge in [0.1, 0.15) is 11.4 Å². The number of nitrogens with zero attached hydrogens (tertiary/aromatic N) is 3. The Balaban J connectivity index is 2.00. The van der Waals surface area contributed by atoms with Crippen molar-refractivity contribution in [3.8, 4) is 22.9 Å². The molecule has 0 saturated carbocycles. The van der Waals surface area contributed by atoms with Crippen molar-refractivity contribution in [1.82, 2.24) is 4.57 Å². The number of aryl methyl sites for hydroxylation is 1. The predicted octanol–water partition coefficient (Wildman–Crippen LogP) is 5.01. The molecule has 0 atom stereocenters. The second-order valence-corrected chi connectivity index (χ2v) is 8.13. The van der Waals surface area contributed by atoms with E-state index in [1.165, 1.54) is 5.56 Å². The molecule has 1 aromatic heterocycles. The highest BCUT2D eigenvalue weighted by molar-refractivity contribution is 6.04. The maximum Gasteiger partial charge on any atom is 0.150 e. The summed E-state index contributed by atoms with van der Waals surface area (Å²) in [6, 6.07) is 14.4. The summed E-state index contributed by atoms with van der Waals surface area (Å²) < 4.78 is 2.13. The number of fused-ring (bicyclic) bond motifs is 3. The Kier molecular flexibility index (Phi) is 4.04. The van der Waals surface area contributed by atoms with E-state index in [0.29, 0.717) is 10.9 Å². The van der Waals surface area contributed by atoms with Crippen LogP contribution < -0.4 is 0 Å². The van der Waals surface area contributed by atoms with E-state index in [0.717, 1.165) is 41.8 Å². The Morgan fingerprint density at radius 2 is 1.89 bits per heavy atom. The third kappa shape index (κ3) is 2.90. The number of hydrogen-bond donors (Lipinski definition) is 1. The summed E-state index contributed by atoms with van der Waals surface area (Å²) in [4.78, 5) is 4.38. The van der Waals surface area contributed by atoms with Gasteiger partial charge in [-0.05, 0) is 35.1 Å². The molecule has 2 heterocycles. The van der Waals surface area contributed by atoms with Crippen LogP contribution in [0.5, 0.6) is 5.75 Å². The molecule has 3 aromatic rings. The van der Waals surface area contributed by atoms with E-state index < -0.39 is 0 Å². The van der Waals surface area contributed by atoms with E-state index in [4.69, 9.17) is 0 Å². The summed E-state index contributed by atoms with van der Waals surface area (Å²) in [6.07, 6.45) is 2.68. The van der Waals surface area contributed by atoms with Gasteiger partial charge in [-0.15, -0.1) is 0 Å². The molecule has 0 unspecified atom stereocenters. The molecule has 27 heavy (non-hydrogen) atoms. The third-order valence-electron chi connectivity index (χ3n) is 5.24. The summed E-state index contributed by atoms with van der Waals surface area (Å²) in [5, 5.41) is 21.0. The van der Waals surface area contributed by atoms with Gasteiger partial charge in [0, 0.05) is 30.3 Å². The minimum absolute atomic E-state index is 0.0865. The average Bonchev–Trinajstić information content (AvgIpc) is 2.81. The van der Waals surface area contributed by atoms with Crippen LogP contribution in [0.2, 0.25) is 0 Å². The maximum absolute atomic E-state index is 10.8. The molecule has 0 aliphatic carbocycles. The van der Waals surface area contributed by atoms with Crippen LogP contribution in [-0.2, 0) is 12.0 Å². The van der Waals surface area contributed by atoms with Gasteiger partial charge >= 0.3 is 0 Å². The molecule has 1 aliphatic heterocycles. The summed E-state index contributed by atoms with van der Waals surface area (Å²) in [6.45, 7) is 8.14. The molecule has 4 nitrogen and oxygen atoms in total. The van der Waals surface area contributed by atoms with E-state index in [-0.39, 0.29) is 11.2 Å². The van der Waals surface area contributed by atoms with E-state index in [2.05, 4.69) is 60.7 Å². The van der Waals surface area contributed by atoms with E-state index in [9.17, 15) is 10.4 Å². The zero-order valence-electron chi connectivity index (χ0n) is 16.0. The number of aromatic hydroxyl groups is 1. The second-order valence-electron chi connectivity index (χ2n) is 8.13. The van der Waals surface area contributed by atoms with E-state index in [1.807, 2.05) is 6.07 Å². The molecule has 0 radical (unpaired) electrons. The van der Waals surface area contributed by atoms with Crippen LogP contribution in [-0.4, -0.2) is 22.4 Å². The highest BCUT2D eigenvalue weighted by atomic mass is 16.3. The second kappa shape index (κ2) is 6.28. The Labute approximate surface area is 159 Å². The Bertz CT molecular complexity index is 1090. The predicted molar refractivity (Wildman–Crippen MR) is 110 cm³/mol. The van der Waals surface area contributed by atoms with Crippen LogP contribution in [0, 0.1) is 11.3 Å². The molecule has 2 aromatic carbocycles. The van der Waals surface area contributed by atoms with Crippen molar-refractivity contribution in [2.24, 2.45) is 4.99 Å². The molecule has 0 spiro atoms. The minimum atomic E-state index is 0.0865. The van der Waals surface area contributed by atoms with Crippen molar-refractivity contribution in [3.05, 3.63) is 53.2 Å². The van der Waals surface area contributed by atoms with Gasteiger partial charge in [0.25, 0.3) is 0 Å². The van der Waals surface area contributed by atoms with Crippen LogP contribution >= 0.6 is 0 Å². The van der Waals surface area contributed by atoms with Gasteiger partial charge in [0.15, 0.2) is 0 Å². The summed E-state index contributed by atoms with van der Waals surface area (Å²) >= 11 is 0. The summed E-state index contributed by atoms with van der Waals surface area (Å²) in [7, 11) is 0. The maximum atomic E-state index is 10.8. The molecular weight excluding hydrogens is 334 g/mol. The number of rotatable bonds is 1. The van der Waals surface area contributed by atoms with E-state index in [1.54, 1.807) is 12.3 Å². The lowest BCUT2D eigenvalue weighted by atomic mass is 9.86. The van der Waals surface area contributed by atoms with Crippen molar-refractivity contribution in [1.29, 1.82) is 5.26 Å². The van der Waals surface area contributed by atoms with Crippen molar-refractivity contribution >= 4 is 17.1 Å². The lowest BCUT2D eigenvalue weighted by Crippen LogP contribution is -2.10. The number of nitriles is 1. The molecule has 0 bridgehead atoms. The molecule has 136 valence electrons. The van der Waals surface area contributed by atoms with Gasteiger partial charge in [-0.3, -0.25) is 4.99 Å². The first kappa shape index (κ1) is 17.4. The van der Waals surface area contributed by atoms with Gasteiger partial charge in [-0.25, -0.2) is 0 Å². The Morgan fingerprint density at radius 1 is 1.15 bits per heavy atom. The van der Waals surface area contributed by atoms with Crippen LogP contribution in [0.1, 0.15) is 44.0 Å². The fourth-order valence-corrected chi connectivity index (χ4v) is 3.76. The number of aliphatic imine (C=N–C) groups is 1. The SMILES string of the molecule is CC(C)(C)c1ccc(-c2cc(C#N)cc3c(O)c4n(c23)CCCN=C4)cc1. The molecule has 1 aliphatic rings. The lowest BCUT2D eigenvalue weighted by molar-refractivity contribution is 0.477. The largest absolute Gasteiger partial charge is 0.505 e. The number of aromatic nitrogens is 1. The van der Waals surface area contributed by atoms with Crippen molar-refractivity contribution < 1.29 is 5.11 Å². The smallest absolute Gasteiger partial charge is 0.150 e. The number of hydrogen-bond acceptors (Lipinski definition) is 3. The molecule has 1 N–H and O–H groups in total. The third-order valence-corrected chi connectivity index (χ3v) is 5.24. The quantitative estimate of drug-likeness (QED) is 0.666. The fourth-order valence-electron chi connectivity index (χ4n) is 3.76. The highest BCUT2D eigenvalue weighted by Gasteiger charge is 2.21. The normalized spacial score (nSPS) is 14.0. The van der Waals surface area contributed by atoms with Gasteiger partial charge in [-0.1, -0.05) is 45.0 Å². The van der Waals surface area contributed by atoms with E-state index >= 15 is 0 Å². The van der Waals surface area contributed by atoms with Gasteiger partial charge in [0.05, 0.1) is 17.1 Å². The molecule has 0 saturated heterocycles. The lowest BCUT2D eigenvalue weighted by Gasteiger charge is -2.19. The Morgan fingerprint density at radius 3 is 2.56 bits per heavy atom. The zero-order valence-corrected chi connectivity index (χ0v) is 16.0. The molecule has 4 rings (SSSR count). The van der Waals surface area contributed by atoms with Crippen LogP contribution in [0.4, 0.5) is 0 Å². The molecule has 4 heteroatoms. The monoisotopic (exact) mass is 357 g/mol. The summed E-state index contributed by atoms with van der Waals surface area (Å²) in [5.74, 6) is 0.209. The first-order chi connectivity index (χ1) is 12.9. The fraction of sp³-hybridized carbons (Fsp3) is 0.304. The van der Waals surface area contributed by atoms with Crippen LogP contribution in [0.3, 0.4) is 0 Å². The van der Waals surface area contributed by atoms with Crippen molar-refractivity contribution in [3.63, 3.8) is 0 Å². The van der Waals surface area contributed by atoms with Crippen molar-refractivity contribution in [2.45, 2.75) is 39.2 Å². The summed E-state index contributed by atoms with van der Waals surface area (Å²) in [5.41, 5.74) is 5.62. The molecular formula is C23H23N3O. The van der Waals surface area contributed by atoms with Gasteiger partial charge in [-0.2, -0.15) is 5.26 Å². The topological polar surface area (TPSA) is 61.3 Å². The van der Waals surface area contributed by atoms with Gasteiger partial charge in [0.2, 0.25) is 0 Å². The first-order valence-corrected chi connectivity index (χ1v) is 9.30. The molecule has 0 amide bonds. The number of benzene rings is 2. The van der Waals surface area contributed by atoms with Crippen molar-refractivity contribution in [2.75, 3.05) is 6.54 Å². The van der Waals surface area contributed by atoms with Gasteiger partial charge < -0.3 is 9.67 Å². The standard InChI is InChI=1S/C23H23N3O/c1-23(2,3)17-7-5-16(6-8-17)18-11-15(13-24)12-19-21(18)26-10-4-9-25-14-20(26)22(19)27/h5-8,11-12,14,27H,4,9-10H2,1-3H3. The first-order valence-electron chi connectivity index (χ1n) is 9.30. The zero-order chi connectivity index (χ0) is 19.2. The minimum Gasteiger partial charge on any atom is -0.505 e. The Hall–Kier alpha value is -3.06.